The van der Waals surface area contributed by atoms with Crippen molar-refractivity contribution in [3.05, 3.63) is 52.6 Å². The smallest absolute Gasteiger partial charge is 0.394 e. The van der Waals surface area contributed by atoms with Crippen LogP contribution in [0.25, 0.3) is 0 Å². The van der Waals surface area contributed by atoms with Crippen LogP contribution in [0.4, 0.5) is 28.3 Å². The molecule has 168 valence electrons. The first-order valence-corrected chi connectivity index (χ1v) is 9.72. The molecule has 3 rings (SSSR count). The zero-order chi connectivity index (χ0) is 22.8. The third-order valence-electron chi connectivity index (χ3n) is 5.02. The summed E-state index contributed by atoms with van der Waals surface area (Å²) in [4.78, 5) is 22.8. The predicted octanol–water partition coefficient (Wildman–Crippen LogP) is 3.26. The summed E-state index contributed by atoms with van der Waals surface area (Å²) in [5.74, 6) is -1.04. The fourth-order valence-corrected chi connectivity index (χ4v) is 3.20. The average molecular weight is 441 g/mol. The third-order valence-corrected chi connectivity index (χ3v) is 5.02. The van der Waals surface area contributed by atoms with E-state index in [0.29, 0.717) is 30.7 Å². The molecule has 2 aromatic rings. The lowest BCUT2D eigenvalue weighted by molar-refractivity contribution is -0.140. The van der Waals surface area contributed by atoms with Gasteiger partial charge in [-0.1, -0.05) is 6.07 Å². The Balaban J connectivity index is 1.66. The van der Waals surface area contributed by atoms with E-state index in [0.717, 1.165) is 17.7 Å². The fourth-order valence-electron chi connectivity index (χ4n) is 3.20. The second-order valence-electron chi connectivity index (χ2n) is 7.47. The first-order chi connectivity index (χ1) is 14.6. The van der Waals surface area contributed by atoms with Gasteiger partial charge in [-0.15, -0.1) is 0 Å². The van der Waals surface area contributed by atoms with Gasteiger partial charge in [0.2, 0.25) is 5.95 Å². The molecule has 1 aliphatic heterocycles. The van der Waals surface area contributed by atoms with Crippen LogP contribution >= 0.6 is 0 Å². The van der Waals surface area contributed by atoms with Gasteiger partial charge in [0.1, 0.15) is 5.82 Å². The van der Waals surface area contributed by atoms with E-state index in [9.17, 15) is 22.4 Å². The number of urea groups is 1. The molecule has 1 aromatic carbocycles. The van der Waals surface area contributed by atoms with Crippen LogP contribution in [-0.2, 0) is 19.1 Å². The summed E-state index contributed by atoms with van der Waals surface area (Å²) in [6.07, 6.45) is -2.56. The molecule has 2 atom stereocenters. The molecule has 2 unspecified atom stereocenters. The fraction of sp³-hybridized carbons (Fsp3) is 0.450. The highest BCUT2D eigenvalue weighted by molar-refractivity contribution is 5.75. The Kier molecular flexibility index (Phi) is 6.63. The average Bonchev–Trinajstić information content (AvgIpc) is 2.72. The maximum absolute atomic E-state index is 13.8. The Labute approximate surface area is 176 Å². The van der Waals surface area contributed by atoms with E-state index in [2.05, 4.69) is 20.6 Å². The molecule has 1 aliphatic rings. The molecule has 0 aliphatic carbocycles. The molecule has 1 aromatic heterocycles. The van der Waals surface area contributed by atoms with Gasteiger partial charge in [0.25, 0.3) is 0 Å². The third kappa shape index (κ3) is 5.40. The molecule has 0 bridgehead atoms. The van der Waals surface area contributed by atoms with Crippen LogP contribution < -0.4 is 10.6 Å². The molecule has 0 fully saturated rings. The topological polar surface area (TPSA) is 90.4 Å². The number of nitrogens with zero attached hydrogens (tertiary/aromatic N) is 3. The zero-order valence-corrected chi connectivity index (χ0v) is 17.0. The van der Waals surface area contributed by atoms with Gasteiger partial charge in [-0.2, -0.15) is 13.2 Å². The van der Waals surface area contributed by atoms with Gasteiger partial charge in [0, 0.05) is 18.8 Å². The number of aromatic nitrogens is 2. The maximum Gasteiger partial charge on any atom is 0.419 e. The highest BCUT2D eigenvalue weighted by Gasteiger charge is 2.34. The standard InChI is InChI=1S/C20H23F4N5O2/c1-11(10-30)26-18-25-8-14-5-6-29(9-17(14)28-18)19(31)27-12(2)13-3-4-15(16(21)7-13)20(22,23)24/h3-4,7-8,11-12,30H,5-6,9-10H2,1-2H3,(H,27,31)(H,25,26,28). The number of anilines is 1. The number of halogens is 4. The lowest BCUT2D eigenvalue weighted by Gasteiger charge is -2.29. The van der Waals surface area contributed by atoms with Gasteiger partial charge in [0.05, 0.1) is 30.5 Å². The number of nitrogens with one attached hydrogen (secondary N) is 2. The zero-order valence-electron chi connectivity index (χ0n) is 17.0. The van der Waals surface area contributed by atoms with Crippen LogP contribution in [0.2, 0.25) is 0 Å². The largest absolute Gasteiger partial charge is 0.419 e. The van der Waals surface area contributed by atoms with Crippen LogP contribution in [0.1, 0.15) is 42.3 Å². The molecule has 0 saturated carbocycles. The van der Waals surface area contributed by atoms with Crippen LogP contribution in [0, 0.1) is 5.82 Å². The molecule has 0 radical (unpaired) electrons. The van der Waals surface area contributed by atoms with E-state index in [1.807, 2.05) is 0 Å². The molecule has 31 heavy (non-hydrogen) atoms. The summed E-state index contributed by atoms with van der Waals surface area (Å²) >= 11 is 0. The van der Waals surface area contributed by atoms with Gasteiger partial charge < -0.3 is 20.6 Å². The van der Waals surface area contributed by atoms with Crippen molar-refractivity contribution >= 4 is 12.0 Å². The molecule has 0 spiro atoms. The Morgan fingerprint density at radius 1 is 1.32 bits per heavy atom. The Morgan fingerprint density at radius 2 is 2.06 bits per heavy atom. The monoisotopic (exact) mass is 441 g/mol. The summed E-state index contributed by atoms with van der Waals surface area (Å²) in [6.45, 7) is 3.89. The van der Waals surface area contributed by atoms with Gasteiger partial charge in [-0.05, 0) is 43.5 Å². The summed E-state index contributed by atoms with van der Waals surface area (Å²) in [7, 11) is 0. The quantitative estimate of drug-likeness (QED) is 0.620. The van der Waals surface area contributed by atoms with Crippen LogP contribution in [0.15, 0.2) is 24.4 Å². The van der Waals surface area contributed by atoms with Gasteiger partial charge in [-0.3, -0.25) is 0 Å². The lowest BCUT2D eigenvalue weighted by Crippen LogP contribution is -2.44. The molecular formula is C20H23F4N5O2. The molecule has 0 saturated heterocycles. The normalized spacial score (nSPS) is 15.8. The molecule has 11 heteroatoms. The Hall–Kier alpha value is -2.95. The van der Waals surface area contributed by atoms with Crippen molar-refractivity contribution in [1.82, 2.24) is 20.2 Å². The number of fused-ring (bicyclic) bond motifs is 1. The van der Waals surface area contributed by atoms with Crippen LogP contribution in [0.5, 0.6) is 0 Å². The molecule has 7 nitrogen and oxygen atoms in total. The SMILES string of the molecule is CC(CO)Nc1ncc2c(n1)CN(C(=O)NC(C)c1ccc(C(F)(F)F)c(F)c1)CC2. The number of carbonyl (C=O) groups excluding carboxylic acids is 1. The van der Waals surface area contributed by atoms with Gasteiger partial charge in [-0.25, -0.2) is 19.2 Å². The number of hydrogen-bond donors (Lipinski definition) is 3. The minimum atomic E-state index is -4.78. The highest BCUT2D eigenvalue weighted by atomic mass is 19.4. The second kappa shape index (κ2) is 9.04. The van der Waals surface area contributed by atoms with Crippen LogP contribution in [-0.4, -0.2) is 45.2 Å². The van der Waals surface area contributed by atoms with Crippen molar-refractivity contribution in [1.29, 1.82) is 0 Å². The van der Waals surface area contributed by atoms with E-state index in [1.54, 1.807) is 20.0 Å². The van der Waals surface area contributed by atoms with Crippen molar-refractivity contribution in [2.45, 2.75) is 45.1 Å². The number of alkyl halides is 3. The van der Waals surface area contributed by atoms with Crippen molar-refractivity contribution < 1.29 is 27.5 Å². The van der Waals surface area contributed by atoms with Crippen molar-refractivity contribution in [2.75, 3.05) is 18.5 Å². The number of carbonyl (C=O) groups is 1. The number of benzene rings is 1. The molecule has 2 heterocycles. The highest BCUT2D eigenvalue weighted by Crippen LogP contribution is 2.32. The number of rotatable bonds is 5. The summed E-state index contributed by atoms with van der Waals surface area (Å²) in [6, 6.07) is 1.24. The van der Waals surface area contributed by atoms with E-state index in [1.165, 1.54) is 4.90 Å². The lowest BCUT2D eigenvalue weighted by atomic mass is 10.0. The Morgan fingerprint density at radius 3 is 2.71 bits per heavy atom. The Bertz CT molecular complexity index is 954. The maximum atomic E-state index is 13.8. The minimum Gasteiger partial charge on any atom is -0.394 e. The minimum absolute atomic E-state index is 0.0859. The van der Waals surface area contributed by atoms with E-state index < -0.39 is 29.6 Å². The first-order valence-electron chi connectivity index (χ1n) is 9.72. The number of amides is 2. The van der Waals surface area contributed by atoms with E-state index in [4.69, 9.17) is 5.11 Å². The molecular weight excluding hydrogens is 418 g/mol. The van der Waals surface area contributed by atoms with E-state index in [-0.39, 0.29) is 24.8 Å². The summed E-state index contributed by atoms with van der Waals surface area (Å²) in [5, 5.41) is 14.8. The van der Waals surface area contributed by atoms with E-state index >= 15 is 0 Å². The van der Waals surface area contributed by atoms with Crippen molar-refractivity contribution in [2.24, 2.45) is 0 Å². The van der Waals surface area contributed by atoms with Gasteiger partial charge >= 0.3 is 12.2 Å². The van der Waals surface area contributed by atoms with Crippen LogP contribution in [0.3, 0.4) is 0 Å². The van der Waals surface area contributed by atoms with Gasteiger partial charge in [0.15, 0.2) is 0 Å². The van der Waals surface area contributed by atoms with Crippen molar-refractivity contribution in [3.63, 3.8) is 0 Å². The number of aliphatic hydroxyl groups excluding tert-OH is 1. The molecule has 3 N–H and O–H groups in total. The second-order valence-corrected chi connectivity index (χ2v) is 7.47. The molecule has 2 amide bonds. The van der Waals surface area contributed by atoms with Crippen molar-refractivity contribution in [3.8, 4) is 0 Å². The summed E-state index contributed by atoms with van der Waals surface area (Å²) in [5.41, 5.74) is 0.450. The predicted molar refractivity (Wildman–Crippen MR) is 105 cm³/mol. The summed E-state index contributed by atoms with van der Waals surface area (Å²) < 4.78 is 52.0. The number of aliphatic hydroxyl groups is 1. The first kappa shape index (κ1) is 22.7. The number of hydrogen-bond acceptors (Lipinski definition) is 5.